The van der Waals surface area contributed by atoms with Crippen LogP contribution in [-0.2, 0) is 0 Å². The predicted octanol–water partition coefficient (Wildman–Crippen LogP) is 4.85. The van der Waals surface area contributed by atoms with E-state index in [-0.39, 0.29) is 0 Å². The maximum atomic E-state index is 11.0. The molecular formula is C18H20O2. The number of hydrogen-bond acceptors (Lipinski definition) is 1. The molecule has 0 aromatic heterocycles. The molecule has 0 aliphatic carbocycles. The van der Waals surface area contributed by atoms with Gasteiger partial charge in [-0.3, -0.25) is 0 Å². The largest absolute Gasteiger partial charge is 0.478 e. The Morgan fingerprint density at radius 3 is 2.35 bits per heavy atom. The van der Waals surface area contributed by atoms with Crippen LogP contribution >= 0.6 is 0 Å². The van der Waals surface area contributed by atoms with E-state index in [0.29, 0.717) is 17.4 Å². The number of hydrogen-bond donors (Lipinski definition) is 1. The second-order valence-corrected chi connectivity index (χ2v) is 5.42. The Morgan fingerprint density at radius 1 is 1.10 bits per heavy atom. The molecule has 1 atom stereocenters. The minimum Gasteiger partial charge on any atom is -0.478 e. The van der Waals surface area contributed by atoms with E-state index < -0.39 is 5.97 Å². The second-order valence-electron chi connectivity index (χ2n) is 5.42. The summed E-state index contributed by atoms with van der Waals surface area (Å²) >= 11 is 0. The summed E-state index contributed by atoms with van der Waals surface area (Å²) in [6, 6.07) is 11.5. The zero-order valence-electron chi connectivity index (χ0n) is 12.1. The molecule has 2 heteroatoms. The third-order valence-electron chi connectivity index (χ3n) is 3.61. The number of carboxylic acids is 1. The van der Waals surface area contributed by atoms with E-state index in [1.807, 2.05) is 19.1 Å². The lowest BCUT2D eigenvalue weighted by Crippen LogP contribution is -2.03. The Labute approximate surface area is 119 Å². The van der Waals surface area contributed by atoms with Crippen molar-refractivity contribution in [1.82, 2.24) is 0 Å². The first kappa shape index (κ1) is 14.3. The molecule has 0 radical (unpaired) electrons. The van der Waals surface area contributed by atoms with Crippen LogP contribution in [-0.4, -0.2) is 11.1 Å². The molecule has 0 aliphatic heterocycles. The normalized spacial score (nSPS) is 13.2. The first-order chi connectivity index (χ1) is 9.52. The number of aromatic carboxylic acids is 1. The van der Waals surface area contributed by atoms with Gasteiger partial charge in [0.1, 0.15) is 0 Å². The minimum absolute atomic E-state index is 0.333. The molecule has 2 aromatic rings. The highest BCUT2D eigenvalue weighted by Crippen LogP contribution is 2.29. The third-order valence-corrected chi connectivity index (χ3v) is 3.61. The first-order valence-electron chi connectivity index (χ1n) is 6.92. The molecule has 0 saturated heterocycles. The average Bonchev–Trinajstić information content (AvgIpc) is 2.43. The van der Waals surface area contributed by atoms with Gasteiger partial charge in [-0.25, -0.2) is 4.79 Å². The van der Waals surface area contributed by atoms with E-state index in [1.165, 1.54) is 5.56 Å². The van der Waals surface area contributed by atoms with Crippen molar-refractivity contribution < 1.29 is 9.90 Å². The molecule has 104 valence electrons. The summed E-state index contributed by atoms with van der Waals surface area (Å²) in [7, 11) is 0. The van der Waals surface area contributed by atoms with Gasteiger partial charge in [-0.15, -0.1) is 0 Å². The molecule has 0 amide bonds. The Balaban J connectivity index is 2.48. The van der Waals surface area contributed by atoms with Crippen LogP contribution in [0, 0.1) is 5.92 Å². The summed E-state index contributed by atoms with van der Waals surface area (Å²) in [5.41, 5.74) is 1.60. The van der Waals surface area contributed by atoms with Crippen LogP contribution in [0.2, 0.25) is 0 Å². The van der Waals surface area contributed by atoms with E-state index in [1.54, 1.807) is 12.1 Å². The highest BCUT2D eigenvalue weighted by Gasteiger charge is 2.13. The van der Waals surface area contributed by atoms with Gasteiger partial charge in [0.25, 0.3) is 0 Å². The number of rotatable bonds is 4. The van der Waals surface area contributed by atoms with Crippen LogP contribution in [0.5, 0.6) is 0 Å². The zero-order chi connectivity index (χ0) is 14.7. The molecule has 1 N–H and O–H groups in total. The van der Waals surface area contributed by atoms with Gasteiger partial charge in [-0.05, 0) is 41.3 Å². The van der Waals surface area contributed by atoms with Crippen LogP contribution < -0.4 is 0 Å². The maximum Gasteiger partial charge on any atom is 0.335 e. The predicted molar refractivity (Wildman–Crippen MR) is 83.3 cm³/mol. The van der Waals surface area contributed by atoms with E-state index in [0.717, 1.165) is 10.8 Å². The van der Waals surface area contributed by atoms with Crippen LogP contribution in [0.4, 0.5) is 0 Å². The third kappa shape index (κ3) is 2.90. The molecule has 2 aromatic carbocycles. The SMILES string of the molecule is CC=CC(c1ccc2cc(C(=O)O)ccc2c1)C(C)C. The van der Waals surface area contributed by atoms with E-state index >= 15 is 0 Å². The highest BCUT2D eigenvalue weighted by molar-refractivity contribution is 5.94. The number of fused-ring (bicyclic) bond motifs is 1. The molecule has 20 heavy (non-hydrogen) atoms. The molecule has 2 rings (SSSR count). The second kappa shape index (κ2) is 5.91. The van der Waals surface area contributed by atoms with Crippen molar-refractivity contribution >= 4 is 16.7 Å². The fraction of sp³-hybridized carbons (Fsp3) is 0.278. The number of allylic oxidation sites excluding steroid dienone is 2. The van der Waals surface area contributed by atoms with Crippen LogP contribution in [0.25, 0.3) is 10.8 Å². The molecular weight excluding hydrogens is 248 g/mol. The lowest BCUT2D eigenvalue weighted by molar-refractivity contribution is 0.0697. The summed E-state index contributed by atoms with van der Waals surface area (Å²) < 4.78 is 0. The molecule has 0 saturated carbocycles. The minimum atomic E-state index is -0.884. The molecule has 2 nitrogen and oxygen atoms in total. The Hall–Kier alpha value is -2.09. The van der Waals surface area contributed by atoms with Gasteiger partial charge >= 0.3 is 5.97 Å². The summed E-state index contributed by atoms with van der Waals surface area (Å²) in [5.74, 6) is 0.0374. The summed E-state index contributed by atoms with van der Waals surface area (Å²) in [6.07, 6.45) is 4.31. The van der Waals surface area contributed by atoms with Gasteiger partial charge in [0, 0.05) is 5.92 Å². The van der Waals surface area contributed by atoms with Crippen LogP contribution in [0.15, 0.2) is 48.6 Å². The zero-order valence-corrected chi connectivity index (χ0v) is 12.1. The summed E-state index contributed by atoms with van der Waals surface area (Å²) in [6.45, 7) is 6.46. The van der Waals surface area contributed by atoms with Gasteiger partial charge in [-0.2, -0.15) is 0 Å². The van der Waals surface area contributed by atoms with Gasteiger partial charge in [-0.1, -0.05) is 50.3 Å². The number of benzene rings is 2. The van der Waals surface area contributed by atoms with Crippen molar-refractivity contribution in [3.8, 4) is 0 Å². The molecule has 0 fully saturated rings. The monoisotopic (exact) mass is 268 g/mol. The smallest absolute Gasteiger partial charge is 0.335 e. The Kier molecular flexibility index (Phi) is 4.23. The number of carbonyl (C=O) groups is 1. The van der Waals surface area contributed by atoms with E-state index in [4.69, 9.17) is 5.11 Å². The van der Waals surface area contributed by atoms with Crippen molar-refractivity contribution in [1.29, 1.82) is 0 Å². The van der Waals surface area contributed by atoms with Crippen molar-refractivity contribution in [2.24, 2.45) is 5.92 Å². The van der Waals surface area contributed by atoms with Crippen molar-refractivity contribution in [3.63, 3.8) is 0 Å². The quantitative estimate of drug-likeness (QED) is 0.804. The Bertz CT molecular complexity index is 654. The molecule has 0 bridgehead atoms. The van der Waals surface area contributed by atoms with Crippen molar-refractivity contribution in [3.05, 3.63) is 59.7 Å². The van der Waals surface area contributed by atoms with Crippen LogP contribution in [0.3, 0.4) is 0 Å². The fourth-order valence-electron chi connectivity index (χ4n) is 2.53. The lowest BCUT2D eigenvalue weighted by Gasteiger charge is -2.18. The lowest BCUT2D eigenvalue weighted by atomic mass is 9.87. The molecule has 0 aliphatic rings. The highest BCUT2D eigenvalue weighted by atomic mass is 16.4. The fourth-order valence-corrected chi connectivity index (χ4v) is 2.53. The van der Waals surface area contributed by atoms with E-state index in [9.17, 15) is 4.79 Å². The molecule has 0 spiro atoms. The summed E-state index contributed by atoms with van der Waals surface area (Å²) in [4.78, 5) is 11.0. The average molecular weight is 268 g/mol. The van der Waals surface area contributed by atoms with Crippen LogP contribution in [0.1, 0.15) is 42.6 Å². The Morgan fingerprint density at radius 2 is 1.75 bits per heavy atom. The molecule has 0 heterocycles. The van der Waals surface area contributed by atoms with E-state index in [2.05, 4.69) is 38.1 Å². The maximum absolute atomic E-state index is 11.0. The van der Waals surface area contributed by atoms with Crippen molar-refractivity contribution in [2.75, 3.05) is 0 Å². The molecule has 1 unspecified atom stereocenters. The topological polar surface area (TPSA) is 37.3 Å². The van der Waals surface area contributed by atoms with Gasteiger partial charge in [0.05, 0.1) is 5.56 Å². The van der Waals surface area contributed by atoms with Crippen molar-refractivity contribution in [2.45, 2.75) is 26.7 Å². The first-order valence-corrected chi connectivity index (χ1v) is 6.92. The van der Waals surface area contributed by atoms with Gasteiger partial charge in [0.15, 0.2) is 0 Å². The summed E-state index contributed by atoms with van der Waals surface area (Å²) in [5, 5.41) is 11.1. The number of carboxylic acid groups (broad SMARTS) is 1. The van der Waals surface area contributed by atoms with Gasteiger partial charge < -0.3 is 5.11 Å². The van der Waals surface area contributed by atoms with Gasteiger partial charge in [0.2, 0.25) is 0 Å². The standard InChI is InChI=1S/C18H20O2/c1-4-5-17(12(2)3)15-8-6-14-11-16(18(19)20)9-7-13(14)10-15/h4-12,17H,1-3H3,(H,19,20).